The third-order valence-electron chi connectivity index (χ3n) is 5.77. The molecule has 172 valence electrons. The van der Waals surface area contributed by atoms with E-state index in [4.69, 9.17) is 9.47 Å². The number of ether oxygens (including phenoxy) is 2. The van der Waals surface area contributed by atoms with E-state index in [9.17, 15) is 9.70 Å². The molecule has 4 heterocycles. The lowest BCUT2D eigenvalue weighted by Gasteiger charge is -2.31. The van der Waals surface area contributed by atoms with E-state index in [0.717, 1.165) is 5.69 Å². The van der Waals surface area contributed by atoms with Gasteiger partial charge >= 0.3 is 6.09 Å². The molecule has 1 N–H and O–H groups in total. The number of likely N-dealkylation sites (tertiary alicyclic amines) is 1. The highest BCUT2D eigenvalue weighted by molar-refractivity contribution is 5.80. The molecule has 0 aliphatic carbocycles. The third-order valence-corrected chi connectivity index (χ3v) is 5.77. The second-order valence-electron chi connectivity index (χ2n) is 7.91. The second kappa shape index (κ2) is 9.22. The maximum atomic E-state index is 12.5. The quantitative estimate of drug-likeness (QED) is 0.482. The lowest BCUT2D eigenvalue weighted by Crippen LogP contribution is -2.55. The SMILES string of the molecule is Cc1ncccc1Oc1ncnc2c1cnn2C1CCN(C(=O)Oc2ccc([NH+]=O)cc2)CC1. The van der Waals surface area contributed by atoms with Crippen LogP contribution in [0.2, 0.25) is 0 Å². The predicted molar refractivity (Wildman–Crippen MR) is 121 cm³/mol. The van der Waals surface area contributed by atoms with Crippen LogP contribution in [0.5, 0.6) is 17.4 Å². The molecule has 4 aromatic rings. The summed E-state index contributed by atoms with van der Waals surface area (Å²) in [6.45, 7) is 2.91. The van der Waals surface area contributed by atoms with Crippen LogP contribution in [-0.4, -0.2) is 48.8 Å². The van der Waals surface area contributed by atoms with Crippen molar-refractivity contribution in [2.45, 2.75) is 25.8 Å². The molecule has 11 heteroatoms. The van der Waals surface area contributed by atoms with Crippen molar-refractivity contribution in [1.82, 2.24) is 29.6 Å². The van der Waals surface area contributed by atoms with Crippen molar-refractivity contribution in [1.29, 1.82) is 0 Å². The van der Waals surface area contributed by atoms with E-state index >= 15 is 0 Å². The fourth-order valence-corrected chi connectivity index (χ4v) is 3.92. The second-order valence-corrected chi connectivity index (χ2v) is 7.91. The molecule has 3 aromatic heterocycles. The summed E-state index contributed by atoms with van der Waals surface area (Å²) >= 11 is 0. The van der Waals surface area contributed by atoms with Gasteiger partial charge in [0, 0.05) is 41.5 Å². The van der Waals surface area contributed by atoms with Gasteiger partial charge in [-0.3, -0.25) is 4.98 Å². The highest BCUT2D eigenvalue weighted by atomic mass is 16.6. The number of nitroso groups, excluding NO2 is 1. The summed E-state index contributed by atoms with van der Waals surface area (Å²) in [5, 5.41) is 7.05. The first-order valence-electron chi connectivity index (χ1n) is 10.8. The van der Waals surface area contributed by atoms with E-state index in [2.05, 4.69) is 20.1 Å². The smallest absolute Gasteiger partial charge is 0.415 e. The van der Waals surface area contributed by atoms with Crippen molar-refractivity contribution in [3.8, 4) is 17.4 Å². The van der Waals surface area contributed by atoms with Crippen molar-refractivity contribution >= 4 is 22.8 Å². The maximum absolute atomic E-state index is 12.5. The van der Waals surface area contributed by atoms with E-state index in [-0.39, 0.29) is 6.04 Å². The van der Waals surface area contributed by atoms with Gasteiger partial charge in [0.1, 0.15) is 17.5 Å². The Morgan fingerprint density at radius 3 is 2.62 bits per heavy atom. The fourth-order valence-electron chi connectivity index (χ4n) is 3.92. The molecule has 1 aromatic carbocycles. The van der Waals surface area contributed by atoms with E-state index in [1.165, 1.54) is 6.33 Å². The molecule has 1 amide bonds. The number of carbonyl (C=O) groups is 1. The van der Waals surface area contributed by atoms with Gasteiger partial charge in [0.2, 0.25) is 5.88 Å². The van der Waals surface area contributed by atoms with Crippen molar-refractivity contribution in [2.75, 3.05) is 13.1 Å². The van der Waals surface area contributed by atoms with Crippen LogP contribution in [0.3, 0.4) is 0 Å². The first-order valence-corrected chi connectivity index (χ1v) is 10.8. The Morgan fingerprint density at radius 1 is 1.09 bits per heavy atom. The molecule has 11 nitrogen and oxygen atoms in total. The van der Waals surface area contributed by atoms with Crippen LogP contribution < -0.4 is 14.7 Å². The molecule has 5 rings (SSSR count). The zero-order valence-electron chi connectivity index (χ0n) is 18.4. The molecular weight excluding hydrogens is 438 g/mol. The highest BCUT2D eigenvalue weighted by Gasteiger charge is 2.27. The highest BCUT2D eigenvalue weighted by Crippen LogP contribution is 2.31. The monoisotopic (exact) mass is 460 g/mol. The zero-order chi connectivity index (χ0) is 23.5. The molecule has 1 fully saturated rings. The number of carbonyl (C=O) groups excluding carboxylic acids is 1. The minimum Gasteiger partial charge on any atom is -0.436 e. The maximum Gasteiger partial charge on any atom is 0.415 e. The molecule has 1 aliphatic rings. The van der Waals surface area contributed by atoms with Crippen LogP contribution >= 0.6 is 0 Å². The number of nitrogens with one attached hydrogen (secondary N) is 1. The Balaban J connectivity index is 1.26. The van der Waals surface area contributed by atoms with Crippen LogP contribution in [0.15, 0.2) is 55.1 Å². The average Bonchev–Trinajstić information content (AvgIpc) is 3.31. The molecule has 1 aliphatic heterocycles. The van der Waals surface area contributed by atoms with Crippen LogP contribution in [0.1, 0.15) is 24.6 Å². The lowest BCUT2D eigenvalue weighted by atomic mass is 10.1. The summed E-state index contributed by atoms with van der Waals surface area (Å²) in [5.41, 5.74) is 1.85. The minimum atomic E-state index is -0.420. The Labute approximate surface area is 194 Å². The van der Waals surface area contributed by atoms with E-state index in [0.29, 0.717) is 60.0 Å². The van der Waals surface area contributed by atoms with Crippen LogP contribution in [-0.2, 0) is 0 Å². The minimum absolute atomic E-state index is 0.0758. The largest absolute Gasteiger partial charge is 0.436 e. The van der Waals surface area contributed by atoms with Crippen LogP contribution in [0, 0.1) is 11.8 Å². The Hall–Kier alpha value is -4.41. The van der Waals surface area contributed by atoms with Crippen molar-refractivity contribution in [3.63, 3.8) is 0 Å². The predicted octanol–water partition coefficient (Wildman–Crippen LogP) is 2.64. The molecule has 0 unspecified atom stereocenters. The van der Waals surface area contributed by atoms with Crippen molar-refractivity contribution in [2.24, 2.45) is 0 Å². The number of aryl methyl sites for hydroxylation is 1. The number of rotatable bonds is 5. The van der Waals surface area contributed by atoms with Crippen LogP contribution in [0.25, 0.3) is 11.0 Å². The number of fused-ring (bicyclic) bond motifs is 1. The number of pyridine rings is 1. The van der Waals surface area contributed by atoms with Crippen molar-refractivity contribution in [3.05, 3.63) is 65.7 Å². The van der Waals surface area contributed by atoms with Gasteiger partial charge in [0.25, 0.3) is 5.69 Å². The van der Waals surface area contributed by atoms with Gasteiger partial charge in [-0.2, -0.15) is 5.10 Å². The van der Waals surface area contributed by atoms with E-state index < -0.39 is 6.09 Å². The van der Waals surface area contributed by atoms with Gasteiger partial charge < -0.3 is 14.4 Å². The standard InChI is InChI=1S/C23H21N7O4/c1-15-20(3-2-10-24-15)34-22-19-13-27-30(21(19)25-14-26-22)17-8-11-29(12-9-17)23(31)33-18-6-4-16(28-32)5-7-18/h2-7,10,13-14,17H,8-9,11-12H2,1H3/p+1. The van der Waals surface area contributed by atoms with Gasteiger partial charge in [-0.15, -0.1) is 0 Å². The van der Waals surface area contributed by atoms with E-state index in [1.807, 2.05) is 23.7 Å². The summed E-state index contributed by atoms with van der Waals surface area (Å²) in [5.74, 6) is 1.44. The van der Waals surface area contributed by atoms with E-state index in [1.54, 1.807) is 46.7 Å². The van der Waals surface area contributed by atoms with Crippen molar-refractivity contribution < 1.29 is 19.4 Å². The lowest BCUT2D eigenvalue weighted by molar-refractivity contribution is -0.379. The number of hydrogen-bond acceptors (Lipinski definition) is 8. The molecular formula is C23H22N7O4+. The first kappa shape index (κ1) is 21.4. The topological polar surface area (TPSA) is 126 Å². The zero-order valence-corrected chi connectivity index (χ0v) is 18.4. The molecule has 0 atom stereocenters. The molecule has 34 heavy (non-hydrogen) atoms. The number of benzene rings is 1. The summed E-state index contributed by atoms with van der Waals surface area (Å²) in [6, 6.07) is 9.99. The summed E-state index contributed by atoms with van der Waals surface area (Å²) < 4.78 is 13.3. The molecule has 0 saturated carbocycles. The fraction of sp³-hybridized carbons (Fsp3) is 0.261. The Kier molecular flexibility index (Phi) is 5.81. The van der Waals surface area contributed by atoms with Crippen LogP contribution in [0.4, 0.5) is 10.5 Å². The number of nitrogens with zero attached hydrogens (tertiary/aromatic N) is 6. The first-order chi connectivity index (χ1) is 16.6. The summed E-state index contributed by atoms with van der Waals surface area (Å²) in [7, 11) is 0. The number of amides is 1. The molecule has 0 spiro atoms. The van der Waals surface area contributed by atoms with Gasteiger partial charge in [0.15, 0.2) is 11.4 Å². The number of piperidine rings is 1. The normalized spacial score (nSPS) is 14.2. The average molecular weight is 460 g/mol. The molecule has 0 bridgehead atoms. The third kappa shape index (κ3) is 4.27. The van der Waals surface area contributed by atoms with Gasteiger partial charge in [-0.1, -0.05) is 0 Å². The van der Waals surface area contributed by atoms with Gasteiger partial charge in [0.05, 0.1) is 17.9 Å². The van der Waals surface area contributed by atoms with Gasteiger partial charge in [-0.05, 0) is 44.0 Å². The number of hydrogen-bond donors (Lipinski definition) is 1. The molecule has 1 saturated heterocycles. The number of aromatic nitrogens is 5. The Bertz CT molecular complexity index is 1330. The van der Waals surface area contributed by atoms with Gasteiger partial charge in [-0.25, -0.2) is 19.4 Å². The summed E-state index contributed by atoms with van der Waals surface area (Å²) in [6.07, 6.45) is 5.86. The summed E-state index contributed by atoms with van der Waals surface area (Å²) in [4.78, 5) is 37.8. The molecule has 0 radical (unpaired) electrons. The Morgan fingerprint density at radius 2 is 1.88 bits per heavy atom.